The lowest BCUT2D eigenvalue weighted by molar-refractivity contribution is -0.0413. The van der Waals surface area contributed by atoms with E-state index in [-0.39, 0.29) is 0 Å². The summed E-state index contributed by atoms with van der Waals surface area (Å²) in [6.07, 6.45) is -0.699. The van der Waals surface area contributed by atoms with Gasteiger partial charge in [0.15, 0.2) is 6.29 Å². The predicted molar refractivity (Wildman–Crippen MR) is 49.7 cm³/mol. The number of hydrogen-bond donors (Lipinski definition) is 2. The maximum Gasteiger partial charge on any atom is 0.151 e. The second kappa shape index (κ2) is 6.83. The lowest BCUT2D eigenvalue weighted by atomic mass is 10.2. The first kappa shape index (κ1) is 11.1. The Hall–Kier alpha value is -0.860. The average molecular weight is 168 g/mol. The molecule has 1 rings (SSSR count). The zero-order chi connectivity index (χ0) is 9.40. The van der Waals surface area contributed by atoms with Gasteiger partial charge in [-0.15, -0.1) is 0 Å². The number of aryl methyl sites for hydroxylation is 1. The van der Waals surface area contributed by atoms with Gasteiger partial charge in [0, 0.05) is 0 Å². The minimum atomic E-state index is -1.12. The first-order valence-corrected chi connectivity index (χ1v) is 4.04. The average Bonchev–Trinajstić information content (AvgIpc) is 2.07. The number of aliphatic hydroxyl groups excluding tert-OH is 1. The lowest BCUT2D eigenvalue weighted by Gasteiger charge is -1.90. The van der Waals surface area contributed by atoms with Crippen LogP contribution in [0.25, 0.3) is 0 Å². The van der Waals surface area contributed by atoms with E-state index in [9.17, 15) is 0 Å². The van der Waals surface area contributed by atoms with E-state index in [1.54, 1.807) is 6.92 Å². The van der Waals surface area contributed by atoms with Gasteiger partial charge in [0.25, 0.3) is 0 Å². The van der Waals surface area contributed by atoms with Gasteiger partial charge in [-0.25, -0.2) is 0 Å². The van der Waals surface area contributed by atoms with E-state index in [2.05, 4.69) is 19.1 Å². The Morgan fingerprint density at radius 3 is 1.75 bits per heavy atom. The molecular weight excluding hydrogens is 152 g/mol. The Morgan fingerprint density at radius 1 is 1.17 bits per heavy atom. The third-order valence-corrected chi connectivity index (χ3v) is 1.31. The van der Waals surface area contributed by atoms with Gasteiger partial charge < -0.3 is 10.2 Å². The van der Waals surface area contributed by atoms with Gasteiger partial charge in [0.2, 0.25) is 0 Å². The minimum Gasteiger partial charge on any atom is -0.368 e. The maximum absolute atomic E-state index is 7.92. The van der Waals surface area contributed by atoms with Gasteiger partial charge in [0.1, 0.15) is 0 Å². The van der Waals surface area contributed by atoms with Crippen molar-refractivity contribution in [2.24, 2.45) is 0 Å². The first-order valence-electron chi connectivity index (χ1n) is 4.04. The van der Waals surface area contributed by atoms with E-state index in [1.807, 2.05) is 18.2 Å². The highest BCUT2D eigenvalue weighted by Crippen LogP contribution is 1.92. The lowest BCUT2D eigenvalue weighted by Crippen LogP contribution is -1.99. The fourth-order valence-corrected chi connectivity index (χ4v) is 0.534. The van der Waals surface area contributed by atoms with Crippen LogP contribution in [0.4, 0.5) is 0 Å². The van der Waals surface area contributed by atoms with Crippen molar-refractivity contribution in [1.82, 2.24) is 0 Å². The molecule has 0 amide bonds. The molecule has 68 valence electrons. The molecule has 2 nitrogen and oxygen atoms in total. The second-order valence-electron chi connectivity index (χ2n) is 2.54. The van der Waals surface area contributed by atoms with E-state index >= 15 is 0 Å². The van der Waals surface area contributed by atoms with E-state index in [4.69, 9.17) is 10.2 Å². The topological polar surface area (TPSA) is 40.5 Å². The molecule has 0 aromatic heterocycles. The Kier molecular flexibility index (Phi) is 6.34. The molecule has 0 saturated carbocycles. The highest BCUT2D eigenvalue weighted by Gasteiger charge is 1.83. The Morgan fingerprint density at radius 2 is 1.58 bits per heavy atom. The van der Waals surface area contributed by atoms with Gasteiger partial charge in [-0.3, -0.25) is 0 Å². The normalized spacial score (nSPS) is 9.08. The molecule has 0 radical (unpaired) electrons. The van der Waals surface area contributed by atoms with Crippen molar-refractivity contribution >= 4 is 0 Å². The highest BCUT2D eigenvalue weighted by atomic mass is 16.5. The summed E-state index contributed by atoms with van der Waals surface area (Å²) in [6, 6.07) is 10.3. The summed E-state index contributed by atoms with van der Waals surface area (Å²) in [7, 11) is 0. The molecular formula is C10H16O2. The molecule has 0 saturated heterocycles. The number of benzene rings is 1. The molecule has 2 N–H and O–H groups in total. The van der Waals surface area contributed by atoms with Crippen molar-refractivity contribution in [3.8, 4) is 0 Å². The smallest absolute Gasteiger partial charge is 0.151 e. The molecule has 0 heterocycles. The van der Waals surface area contributed by atoms with Crippen molar-refractivity contribution < 1.29 is 10.2 Å². The van der Waals surface area contributed by atoms with Crippen molar-refractivity contribution in [3.05, 3.63) is 35.9 Å². The van der Waals surface area contributed by atoms with Crippen LogP contribution in [0.3, 0.4) is 0 Å². The van der Waals surface area contributed by atoms with Gasteiger partial charge in [-0.1, -0.05) is 42.8 Å². The van der Waals surface area contributed by atoms with Crippen LogP contribution in [0.15, 0.2) is 30.3 Å². The fourth-order valence-electron chi connectivity index (χ4n) is 0.534. The number of rotatable bonds is 1. The first-order chi connectivity index (χ1) is 5.66. The summed E-state index contributed by atoms with van der Waals surface area (Å²) in [5.74, 6) is 0. The van der Waals surface area contributed by atoms with Crippen LogP contribution in [0.5, 0.6) is 0 Å². The Labute approximate surface area is 73.5 Å². The van der Waals surface area contributed by atoms with Crippen molar-refractivity contribution in [2.75, 3.05) is 0 Å². The molecule has 2 heteroatoms. The van der Waals surface area contributed by atoms with Gasteiger partial charge in [0.05, 0.1) is 0 Å². The second-order valence-corrected chi connectivity index (χ2v) is 2.54. The summed E-state index contributed by atoms with van der Waals surface area (Å²) in [6.45, 7) is 3.78. The molecule has 0 spiro atoms. The van der Waals surface area contributed by atoms with E-state index in [1.165, 1.54) is 5.56 Å². The van der Waals surface area contributed by atoms with E-state index < -0.39 is 6.29 Å². The maximum atomic E-state index is 7.92. The SMILES string of the molecule is CCC(O)O.Cc1ccccc1. The van der Waals surface area contributed by atoms with Gasteiger partial charge in [-0.2, -0.15) is 0 Å². The molecule has 0 bridgehead atoms. The standard InChI is InChI=1S/C7H8.C3H8O2/c1-7-5-3-2-4-6-7;1-2-3(4)5/h2-6H,1H3;3-5H,2H2,1H3. The molecule has 0 fully saturated rings. The molecule has 0 atom stereocenters. The zero-order valence-corrected chi connectivity index (χ0v) is 7.57. The summed E-state index contributed by atoms with van der Waals surface area (Å²) >= 11 is 0. The summed E-state index contributed by atoms with van der Waals surface area (Å²) in [5.41, 5.74) is 1.32. The van der Waals surface area contributed by atoms with Crippen molar-refractivity contribution in [3.63, 3.8) is 0 Å². The van der Waals surface area contributed by atoms with E-state index in [0.29, 0.717) is 6.42 Å². The monoisotopic (exact) mass is 168 g/mol. The van der Waals surface area contributed by atoms with Crippen LogP contribution in [-0.4, -0.2) is 16.5 Å². The molecule has 0 aliphatic heterocycles. The van der Waals surface area contributed by atoms with Crippen LogP contribution >= 0.6 is 0 Å². The quantitative estimate of drug-likeness (QED) is 0.627. The predicted octanol–water partition coefficient (Wildman–Crippen LogP) is 1.70. The summed E-state index contributed by atoms with van der Waals surface area (Å²) < 4.78 is 0. The minimum absolute atomic E-state index is 0.417. The third kappa shape index (κ3) is 7.25. The molecule has 12 heavy (non-hydrogen) atoms. The van der Waals surface area contributed by atoms with Crippen LogP contribution in [0.2, 0.25) is 0 Å². The molecule has 0 unspecified atom stereocenters. The Balaban J connectivity index is 0.000000217. The van der Waals surface area contributed by atoms with Crippen molar-refractivity contribution in [2.45, 2.75) is 26.6 Å². The number of hydrogen-bond acceptors (Lipinski definition) is 2. The highest BCUT2D eigenvalue weighted by molar-refractivity contribution is 5.11. The van der Waals surface area contributed by atoms with Crippen molar-refractivity contribution in [1.29, 1.82) is 0 Å². The van der Waals surface area contributed by atoms with Crippen LogP contribution in [0, 0.1) is 6.92 Å². The largest absolute Gasteiger partial charge is 0.368 e. The van der Waals surface area contributed by atoms with E-state index in [0.717, 1.165) is 0 Å². The van der Waals surface area contributed by atoms with Crippen LogP contribution in [-0.2, 0) is 0 Å². The zero-order valence-electron chi connectivity index (χ0n) is 7.57. The summed E-state index contributed by atoms with van der Waals surface area (Å²) in [4.78, 5) is 0. The third-order valence-electron chi connectivity index (χ3n) is 1.31. The van der Waals surface area contributed by atoms with Crippen LogP contribution < -0.4 is 0 Å². The van der Waals surface area contributed by atoms with Gasteiger partial charge in [-0.05, 0) is 13.3 Å². The fraction of sp³-hybridized carbons (Fsp3) is 0.400. The molecule has 0 aliphatic rings. The van der Waals surface area contributed by atoms with Crippen LogP contribution in [0.1, 0.15) is 18.9 Å². The molecule has 1 aromatic rings. The summed E-state index contributed by atoms with van der Waals surface area (Å²) in [5, 5.41) is 15.8. The molecule has 1 aromatic carbocycles. The Bertz CT molecular complexity index is 182. The van der Waals surface area contributed by atoms with Gasteiger partial charge >= 0.3 is 0 Å². The molecule has 0 aliphatic carbocycles. The number of aliphatic hydroxyl groups is 2.